The van der Waals surface area contributed by atoms with Gasteiger partial charge in [-0.15, -0.1) is 0 Å². The second kappa shape index (κ2) is 8.47. The fourth-order valence-electron chi connectivity index (χ4n) is 2.72. The van der Waals surface area contributed by atoms with Gasteiger partial charge in [0.2, 0.25) is 11.8 Å². The van der Waals surface area contributed by atoms with Crippen molar-refractivity contribution in [3.8, 4) is 6.07 Å². The molecule has 8 heteroatoms. The largest absolute Gasteiger partial charge is 0.326 e. The first-order valence-electron chi connectivity index (χ1n) is 8.55. The number of amides is 2. The minimum Gasteiger partial charge on any atom is -0.326 e. The Morgan fingerprint density at radius 3 is 2.62 bits per heavy atom. The van der Waals surface area contributed by atoms with Crippen LogP contribution >= 0.6 is 11.6 Å². The van der Waals surface area contributed by atoms with Gasteiger partial charge in [-0.2, -0.15) is 5.26 Å². The number of likely N-dealkylation sites (tertiary alicyclic amines) is 1. The number of nitriles is 1. The summed E-state index contributed by atoms with van der Waals surface area (Å²) >= 11 is 5.78. The van der Waals surface area contributed by atoms with Crippen LogP contribution in [0.15, 0.2) is 18.3 Å². The number of hydrogen-bond acceptors (Lipinski definition) is 5. The van der Waals surface area contributed by atoms with Crippen LogP contribution in [-0.2, 0) is 9.59 Å². The molecule has 0 atom stereocenters. The molecule has 1 N–H and O–H groups in total. The zero-order chi connectivity index (χ0) is 19.3. The topological polar surface area (TPSA) is 89.3 Å². The molecule has 0 bridgehead atoms. The summed E-state index contributed by atoms with van der Waals surface area (Å²) in [7, 11) is 1.64. The number of aromatic nitrogens is 1. The molecule has 1 aromatic heterocycles. The second-order valence-electron chi connectivity index (χ2n) is 7.02. The maximum atomic E-state index is 12.3. The Morgan fingerprint density at radius 1 is 1.42 bits per heavy atom. The molecule has 2 rings (SSSR count). The van der Waals surface area contributed by atoms with E-state index in [1.165, 1.54) is 11.1 Å². The highest BCUT2D eigenvalue weighted by atomic mass is 35.5. The number of pyridine rings is 1. The first kappa shape index (κ1) is 20.1. The van der Waals surface area contributed by atoms with E-state index in [2.05, 4.69) is 16.4 Å². The van der Waals surface area contributed by atoms with Crippen molar-refractivity contribution in [2.75, 3.05) is 32.0 Å². The van der Waals surface area contributed by atoms with Gasteiger partial charge in [0.15, 0.2) is 0 Å². The van der Waals surface area contributed by atoms with Gasteiger partial charge in [0.05, 0.1) is 17.6 Å². The van der Waals surface area contributed by atoms with Crippen LogP contribution in [-0.4, -0.2) is 58.8 Å². The van der Waals surface area contributed by atoms with Crippen LogP contribution in [0.1, 0.15) is 26.7 Å². The Morgan fingerprint density at radius 2 is 2.08 bits per heavy atom. The number of anilines is 1. The lowest BCUT2D eigenvalue weighted by molar-refractivity contribution is -0.134. The molecule has 7 nitrogen and oxygen atoms in total. The molecule has 0 spiro atoms. The summed E-state index contributed by atoms with van der Waals surface area (Å²) in [5, 5.41) is 12.5. The molecule has 2 amide bonds. The Balaban J connectivity index is 1.81. The van der Waals surface area contributed by atoms with Crippen molar-refractivity contribution >= 4 is 29.2 Å². The summed E-state index contributed by atoms with van der Waals surface area (Å²) in [6.07, 6.45) is 2.85. The molecule has 0 aliphatic carbocycles. The van der Waals surface area contributed by atoms with Crippen molar-refractivity contribution in [1.82, 2.24) is 14.8 Å². The second-order valence-corrected chi connectivity index (χ2v) is 7.46. The fraction of sp³-hybridized carbons (Fsp3) is 0.556. The third-order valence-electron chi connectivity index (χ3n) is 4.78. The molecule has 1 aromatic rings. The highest BCUT2D eigenvalue weighted by Crippen LogP contribution is 2.20. The van der Waals surface area contributed by atoms with E-state index in [4.69, 9.17) is 16.9 Å². The van der Waals surface area contributed by atoms with Gasteiger partial charge in [-0.25, -0.2) is 4.98 Å². The first-order chi connectivity index (χ1) is 12.2. The number of nitrogens with one attached hydrogen (secondary N) is 1. The number of rotatable bonds is 5. The molecule has 0 unspecified atom stereocenters. The van der Waals surface area contributed by atoms with E-state index >= 15 is 0 Å². The van der Waals surface area contributed by atoms with Crippen molar-refractivity contribution in [3.63, 3.8) is 0 Å². The molecule has 0 saturated carbocycles. The zero-order valence-electron chi connectivity index (χ0n) is 15.3. The van der Waals surface area contributed by atoms with Crippen LogP contribution in [0, 0.1) is 17.2 Å². The van der Waals surface area contributed by atoms with Crippen molar-refractivity contribution in [3.05, 3.63) is 23.4 Å². The first-order valence-corrected chi connectivity index (χ1v) is 8.93. The molecule has 1 fully saturated rings. The number of likely N-dealkylation sites (N-methyl/N-ethyl adjacent to an activating group) is 1. The summed E-state index contributed by atoms with van der Waals surface area (Å²) in [6.45, 7) is 5.02. The summed E-state index contributed by atoms with van der Waals surface area (Å²) in [6, 6.07) is 5.47. The highest BCUT2D eigenvalue weighted by molar-refractivity contribution is 6.30. The number of carbonyl (C=O) groups is 2. The van der Waals surface area contributed by atoms with Gasteiger partial charge >= 0.3 is 0 Å². The summed E-state index contributed by atoms with van der Waals surface area (Å²) in [4.78, 5) is 32.2. The molecule has 26 heavy (non-hydrogen) atoms. The standard InChI is InChI=1S/C18H24ClN5O2/c1-18(2,12-20)23(3)16(25)11-24-8-6-13(7-9-24)17(26)22-15-5-4-14(19)10-21-15/h4-5,10,13H,6-9,11H2,1-3H3,(H,21,22,26). The van der Waals surface area contributed by atoms with Crippen LogP contribution in [0.2, 0.25) is 5.02 Å². The van der Waals surface area contributed by atoms with Gasteiger partial charge < -0.3 is 10.2 Å². The van der Waals surface area contributed by atoms with Crippen molar-refractivity contribution in [2.24, 2.45) is 5.92 Å². The summed E-state index contributed by atoms with van der Waals surface area (Å²) < 4.78 is 0. The van der Waals surface area contributed by atoms with Gasteiger partial charge in [-0.05, 0) is 51.9 Å². The molecule has 140 valence electrons. The molecule has 2 heterocycles. The number of halogens is 1. The average Bonchev–Trinajstić information content (AvgIpc) is 2.63. The normalized spacial score (nSPS) is 16.0. The highest BCUT2D eigenvalue weighted by Gasteiger charge is 2.30. The maximum absolute atomic E-state index is 12.3. The van der Waals surface area contributed by atoms with E-state index in [1.54, 1.807) is 33.0 Å². The third kappa shape index (κ3) is 5.16. The van der Waals surface area contributed by atoms with Crippen LogP contribution in [0.25, 0.3) is 0 Å². The lowest BCUT2D eigenvalue weighted by Gasteiger charge is -2.34. The minimum atomic E-state index is -0.832. The minimum absolute atomic E-state index is 0.0615. The fourth-order valence-corrected chi connectivity index (χ4v) is 2.83. The van der Waals surface area contributed by atoms with Crippen molar-refractivity contribution in [1.29, 1.82) is 5.26 Å². The van der Waals surface area contributed by atoms with Crippen LogP contribution in [0.5, 0.6) is 0 Å². The monoisotopic (exact) mass is 377 g/mol. The number of piperidine rings is 1. The van der Waals surface area contributed by atoms with Gasteiger partial charge in [-0.1, -0.05) is 11.6 Å². The molecule has 1 aliphatic rings. The van der Waals surface area contributed by atoms with Gasteiger partial charge in [-0.3, -0.25) is 14.5 Å². The molecule has 0 aromatic carbocycles. The average molecular weight is 378 g/mol. The van der Waals surface area contributed by atoms with Crippen molar-refractivity contribution < 1.29 is 9.59 Å². The van der Waals surface area contributed by atoms with E-state index in [0.717, 1.165) is 0 Å². The SMILES string of the molecule is CN(C(=O)CN1CCC(C(=O)Nc2ccc(Cl)cn2)CC1)C(C)(C)C#N. The van der Waals surface area contributed by atoms with Gasteiger partial charge in [0.25, 0.3) is 0 Å². The summed E-state index contributed by atoms with van der Waals surface area (Å²) in [5.74, 6) is 0.225. The molecule has 1 aliphatic heterocycles. The van der Waals surface area contributed by atoms with Crippen LogP contribution in [0.3, 0.4) is 0 Å². The van der Waals surface area contributed by atoms with E-state index < -0.39 is 5.54 Å². The number of hydrogen-bond donors (Lipinski definition) is 1. The predicted octanol–water partition coefficient (Wildman–Crippen LogP) is 2.15. The van der Waals surface area contributed by atoms with Gasteiger partial charge in [0.1, 0.15) is 11.4 Å². The Hall–Kier alpha value is -2.17. The Bertz CT molecular complexity index is 691. The Kier molecular flexibility index (Phi) is 6.57. The van der Waals surface area contributed by atoms with Crippen LogP contribution in [0.4, 0.5) is 5.82 Å². The van der Waals surface area contributed by atoms with E-state index in [1.807, 2.05) is 4.90 Å². The predicted molar refractivity (Wildman–Crippen MR) is 99.5 cm³/mol. The lowest BCUT2D eigenvalue weighted by Crippen LogP contribution is -2.49. The molecule has 1 saturated heterocycles. The van der Waals surface area contributed by atoms with Gasteiger partial charge in [0, 0.05) is 19.2 Å². The van der Waals surface area contributed by atoms with E-state index in [0.29, 0.717) is 36.8 Å². The quantitative estimate of drug-likeness (QED) is 0.849. The van der Waals surface area contributed by atoms with E-state index in [-0.39, 0.29) is 24.3 Å². The molecule has 0 radical (unpaired) electrons. The van der Waals surface area contributed by atoms with Crippen LogP contribution < -0.4 is 5.32 Å². The smallest absolute Gasteiger partial charge is 0.237 e. The summed E-state index contributed by atoms with van der Waals surface area (Å²) in [5.41, 5.74) is -0.832. The number of nitrogens with zero attached hydrogens (tertiary/aromatic N) is 4. The zero-order valence-corrected chi connectivity index (χ0v) is 16.1. The third-order valence-corrected chi connectivity index (χ3v) is 5.01. The molecular formula is C18H24ClN5O2. The lowest BCUT2D eigenvalue weighted by atomic mass is 9.96. The number of carbonyl (C=O) groups excluding carboxylic acids is 2. The Labute approximate surface area is 158 Å². The molecular weight excluding hydrogens is 354 g/mol. The van der Waals surface area contributed by atoms with E-state index in [9.17, 15) is 9.59 Å². The maximum Gasteiger partial charge on any atom is 0.237 e. The van der Waals surface area contributed by atoms with Crippen molar-refractivity contribution in [2.45, 2.75) is 32.2 Å².